The number of aromatic nitrogens is 3. The van der Waals surface area contributed by atoms with E-state index < -0.39 is 11.4 Å². The smallest absolute Gasteiger partial charge is 0.310 e. The number of ether oxygens (including phenoxy) is 1. The molecule has 1 unspecified atom stereocenters. The Labute approximate surface area is 167 Å². The summed E-state index contributed by atoms with van der Waals surface area (Å²) in [6, 6.07) is 4.02. The van der Waals surface area contributed by atoms with Gasteiger partial charge < -0.3 is 14.7 Å². The molecule has 0 radical (unpaired) electrons. The van der Waals surface area contributed by atoms with Crippen LogP contribution in [0.25, 0.3) is 0 Å². The Kier molecular flexibility index (Phi) is 5.45. The summed E-state index contributed by atoms with van der Waals surface area (Å²) in [7, 11) is 0. The van der Waals surface area contributed by atoms with Gasteiger partial charge in [0.2, 0.25) is 5.91 Å². The maximum atomic E-state index is 12.6. The zero-order valence-electron chi connectivity index (χ0n) is 15.6. The molecule has 0 spiro atoms. The molecule has 0 saturated carbocycles. The van der Waals surface area contributed by atoms with Gasteiger partial charge in [0.05, 0.1) is 30.2 Å². The molecule has 2 aromatic heterocycles. The van der Waals surface area contributed by atoms with Gasteiger partial charge in [-0.25, -0.2) is 4.68 Å². The summed E-state index contributed by atoms with van der Waals surface area (Å²) in [5.41, 5.74) is -0.213. The van der Waals surface area contributed by atoms with E-state index in [1.807, 2.05) is 23.7 Å². The molecule has 0 bridgehead atoms. The molecular formula is C19H24N4O4S. The third kappa shape index (κ3) is 3.95. The molecule has 0 aliphatic carbocycles. The number of nitrogens with zero attached hydrogens (tertiary/aromatic N) is 4. The molecule has 28 heavy (non-hydrogen) atoms. The Morgan fingerprint density at radius 1 is 1.36 bits per heavy atom. The van der Waals surface area contributed by atoms with Crippen molar-refractivity contribution in [2.45, 2.75) is 32.2 Å². The molecule has 2 aromatic rings. The number of carbonyl (C=O) groups excluding carboxylic acids is 1. The number of carboxylic acid groups (broad SMARTS) is 1. The number of aliphatic carboxylic acids is 1. The Morgan fingerprint density at radius 3 is 2.82 bits per heavy atom. The van der Waals surface area contributed by atoms with Crippen molar-refractivity contribution in [2.24, 2.45) is 11.3 Å². The van der Waals surface area contributed by atoms with Gasteiger partial charge in [-0.3, -0.25) is 9.59 Å². The number of rotatable bonds is 6. The van der Waals surface area contributed by atoms with Crippen LogP contribution in [0, 0.1) is 11.3 Å². The third-order valence-corrected chi connectivity index (χ3v) is 6.63. The normalized spacial score (nSPS) is 21.7. The fourth-order valence-electron chi connectivity index (χ4n) is 4.01. The fraction of sp³-hybridized carbons (Fsp3) is 0.579. The highest BCUT2D eigenvalue weighted by atomic mass is 32.1. The molecule has 1 amide bonds. The van der Waals surface area contributed by atoms with Gasteiger partial charge in [0, 0.05) is 37.2 Å². The molecule has 2 aliphatic heterocycles. The highest BCUT2D eigenvalue weighted by molar-refractivity contribution is 7.09. The standard InChI is InChI=1S/C19H24N4O4S/c24-17(14-3-8-27-13-14)22-6-4-19(5-7-22,18(25)26)10-15-11-23(21-20-15)12-16-2-1-9-28-16/h1-2,9,11,14H,3-8,10,12-13H2,(H,25,26). The van der Waals surface area contributed by atoms with E-state index in [2.05, 4.69) is 10.3 Å². The van der Waals surface area contributed by atoms with Crippen molar-refractivity contribution in [2.75, 3.05) is 26.3 Å². The van der Waals surface area contributed by atoms with Gasteiger partial charge in [0.1, 0.15) is 0 Å². The fourth-order valence-corrected chi connectivity index (χ4v) is 4.71. The van der Waals surface area contributed by atoms with E-state index in [1.54, 1.807) is 20.9 Å². The van der Waals surface area contributed by atoms with E-state index >= 15 is 0 Å². The number of carboxylic acids is 1. The zero-order valence-corrected chi connectivity index (χ0v) is 16.4. The molecule has 1 N–H and O–H groups in total. The summed E-state index contributed by atoms with van der Waals surface area (Å²) in [4.78, 5) is 27.6. The summed E-state index contributed by atoms with van der Waals surface area (Å²) >= 11 is 1.65. The van der Waals surface area contributed by atoms with Crippen molar-refractivity contribution in [3.8, 4) is 0 Å². The van der Waals surface area contributed by atoms with E-state index in [4.69, 9.17) is 4.74 Å². The molecule has 8 nitrogen and oxygen atoms in total. The van der Waals surface area contributed by atoms with Crippen LogP contribution in [-0.2, 0) is 27.3 Å². The molecule has 9 heteroatoms. The lowest BCUT2D eigenvalue weighted by atomic mass is 9.74. The number of hydrogen-bond donors (Lipinski definition) is 1. The van der Waals surface area contributed by atoms with Crippen LogP contribution in [0.5, 0.6) is 0 Å². The van der Waals surface area contributed by atoms with Crippen molar-refractivity contribution in [1.29, 1.82) is 0 Å². The van der Waals surface area contributed by atoms with E-state index in [0.29, 0.717) is 57.8 Å². The van der Waals surface area contributed by atoms with Crippen LogP contribution in [-0.4, -0.2) is 63.2 Å². The quantitative estimate of drug-likeness (QED) is 0.786. The SMILES string of the molecule is O=C(C1CCOC1)N1CCC(Cc2cn(Cc3cccs3)nn2)(C(=O)O)CC1. The van der Waals surface area contributed by atoms with Gasteiger partial charge >= 0.3 is 5.97 Å². The highest BCUT2D eigenvalue weighted by Crippen LogP contribution is 2.36. The number of amides is 1. The second kappa shape index (κ2) is 8.00. The number of thiophene rings is 1. The second-order valence-electron chi connectivity index (χ2n) is 7.63. The second-order valence-corrected chi connectivity index (χ2v) is 8.67. The first-order chi connectivity index (χ1) is 13.6. The Hall–Kier alpha value is -2.26. The molecule has 4 rings (SSSR count). The molecule has 1 atom stereocenters. The van der Waals surface area contributed by atoms with E-state index in [-0.39, 0.29) is 11.8 Å². The lowest BCUT2D eigenvalue weighted by Crippen LogP contribution is -2.49. The van der Waals surface area contributed by atoms with E-state index in [9.17, 15) is 14.7 Å². The zero-order chi connectivity index (χ0) is 19.6. The topological polar surface area (TPSA) is 97.5 Å². The highest BCUT2D eigenvalue weighted by Gasteiger charge is 2.44. The number of piperidine rings is 1. The van der Waals surface area contributed by atoms with Crippen LogP contribution < -0.4 is 0 Å². The van der Waals surface area contributed by atoms with Gasteiger partial charge in [0.25, 0.3) is 0 Å². The lowest BCUT2D eigenvalue weighted by Gasteiger charge is -2.39. The Balaban J connectivity index is 1.40. The number of hydrogen-bond acceptors (Lipinski definition) is 6. The van der Waals surface area contributed by atoms with Crippen LogP contribution in [0.2, 0.25) is 0 Å². The Morgan fingerprint density at radius 2 is 2.18 bits per heavy atom. The average Bonchev–Trinajstić information content (AvgIpc) is 3.45. The van der Waals surface area contributed by atoms with E-state index in [1.165, 1.54) is 4.88 Å². The van der Waals surface area contributed by atoms with Crippen LogP contribution in [0.3, 0.4) is 0 Å². The molecule has 0 aromatic carbocycles. The molecule has 2 fully saturated rings. The van der Waals surface area contributed by atoms with Crippen molar-refractivity contribution < 1.29 is 19.4 Å². The van der Waals surface area contributed by atoms with Crippen molar-refractivity contribution in [3.63, 3.8) is 0 Å². The molecular weight excluding hydrogens is 380 g/mol. The van der Waals surface area contributed by atoms with Gasteiger partial charge in [-0.05, 0) is 30.7 Å². The molecule has 150 valence electrons. The largest absolute Gasteiger partial charge is 0.481 e. The summed E-state index contributed by atoms with van der Waals surface area (Å²) in [5, 5.41) is 20.3. The first kappa shape index (κ1) is 19.1. The average molecular weight is 404 g/mol. The summed E-state index contributed by atoms with van der Waals surface area (Å²) in [5.74, 6) is -0.801. The third-order valence-electron chi connectivity index (χ3n) is 5.77. The van der Waals surface area contributed by atoms with Crippen molar-refractivity contribution >= 4 is 23.2 Å². The van der Waals surface area contributed by atoms with Crippen LogP contribution in [0.4, 0.5) is 0 Å². The van der Waals surface area contributed by atoms with Crippen LogP contribution >= 0.6 is 11.3 Å². The minimum absolute atomic E-state index is 0.0746. The maximum Gasteiger partial charge on any atom is 0.310 e. The van der Waals surface area contributed by atoms with Gasteiger partial charge in [-0.15, -0.1) is 16.4 Å². The van der Waals surface area contributed by atoms with Gasteiger partial charge in [-0.2, -0.15) is 0 Å². The summed E-state index contributed by atoms with van der Waals surface area (Å²) < 4.78 is 7.05. The molecule has 2 saturated heterocycles. The Bertz CT molecular complexity index is 821. The predicted molar refractivity (Wildman–Crippen MR) is 102 cm³/mol. The van der Waals surface area contributed by atoms with Crippen molar-refractivity contribution in [1.82, 2.24) is 19.9 Å². The minimum Gasteiger partial charge on any atom is -0.481 e. The van der Waals surface area contributed by atoms with Crippen LogP contribution in [0.15, 0.2) is 23.7 Å². The minimum atomic E-state index is -0.896. The maximum absolute atomic E-state index is 12.6. The summed E-state index contributed by atoms with van der Waals surface area (Å²) in [6.07, 6.45) is 3.78. The predicted octanol–water partition coefficient (Wildman–Crippen LogP) is 1.66. The number of likely N-dealkylation sites (tertiary alicyclic amines) is 1. The monoisotopic (exact) mass is 404 g/mol. The molecule has 4 heterocycles. The van der Waals surface area contributed by atoms with Crippen LogP contribution in [0.1, 0.15) is 29.8 Å². The van der Waals surface area contributed by atoms with Gasteiger partial charge in [-0.1, -0.05) is 11.3 Å². The van der Waals surface area contributed by atoms with Crippen molar-refractivity contribution in [3.05, 3.63) is 34.3 Å². The van der Waals surface area contributed by atoms with Gasteiger partial charge in [0.15, 0.2) is 0 Å². The van der Waals surface area contributed by atoms with E-state index in [0.717, 1.165) is 6.42 Å². The first-order valence-corrected chi connectivity index (χ1v) is 10.4. The first-order valence-electron chi connectivity index (χ1n) is 9.57. The number of carbonyl (C=O) groups is 2. The summed E-state index contributed by atoms with van der Waals surface area (Å²) in [6.45, 7) is 2.67. The lowest BCUT2D eigenvalue weighted by molar-refractivity contribution is -0.155. The molecule has 2 aliphatic rings.